The number of hydrogen-bond acceptors (Lipinski definition) is 6. The molecule has 0 aromatic carbocycles. The van der Waals surface area contributed by atoms with Crippen LogP contribution in [0, 0.1) is 5.41 Å². The van der Waals surface area contributed by atoms with Crippen molar-refractivity contribution in [1.82, 2.24) is 0 Å². The molecule has 6 nitrogen and oxygen atoms in total. The fourth-order valence-corrected chi connectivity index (χ4v) is 2.89. The minimum atomic E-state index is -0.252. The van der Waals surface area contributed by atoms with Crippen molar-refractivity contribution in [2.45, 2.75) is 31.8 Å². The van der Waals surface area contributed by atoms with Gasteiger partial charge < -0.3 is 28.4 Å². The molecule has 3 aliphatic heterocycles. The molecule has 0 aromatic heterocycles. The van der Waals surface area contributed by atoms with Crippen LogP contribution in [0.15, 0.2) is 0 Å². The molecule has 0 amide bonds. The highest BCUT2D eigenvalue weighted by molar-refractivity contribution is 4.95. The van der Waals surface area contributed by atoms with E-state index in [1.807, 2.05) is 6.92 Å². The Kier molecular flexibility index (Phi) is 3.83. The molecule has 0 radical (unpaired) electrons. The topological polar surface area (TPSA) is 55.4 Å². The molecule has 0 aromatic rings. The highest BCUT2D eigenvalue weighted by Gasteiger charge is 2.50. The van der Waals surface area contributed by atoms with Crippen molar-refractivity contribution in [3.05, 3.63) is 0 Å². The number of ether oxygens (including phenoxy) is 6. The summed E-state index contributed by atoms with van der Waals surface area (Å²) in [6.45, 7) is 5.03. The van der Waals surface area contributed by atoms with Crippen molar-refractivity contribution in [3.63, 3.8) is 0 Å². The first-order chi connectivity index (χ1) is 8.80. The molecule has 0 saturated carbocycles. The zero-order valence-corrected chi connectivity index (χ0v) is 10.6. The van der Waals surface area contributed by atoms with Gasteiger partial charge in [0.2, 0.25) is 0 Å². The quantitative estimate of drug-likeness (QED) is 0.684. The molecule has 3 fully saturated rings. The van der Waals surface area contributed by atoms with Crippen molar-refractivity contribution in [1.29, 1.82) is 0 Å². The van der Waals surface area contributed by atoms with Gasteiger partial charge in [0, 0.05) is 0 Å². The van der Waals surface area contributed by atoms with E-state index in [0.29, 0.717) is 40.0 Å². The van der Waals surface area contributed by atoms with Gasteiger partial charge in [-0.05, 0) is 13.3 Å². The fourth-order valence-electron chi connectivity index (χ4n) is 2.89. The predicted molar refractivity (Wildman–Crippen MR) is 59.8 cm³/mol. The van der Waals surface area contributed by atoms with Gasteiger partial charge in [-0.2, -0.15) is 0 Å². The van der Waals surface area contributed by atoms with Gasteiger partial charge in [-0.25, -0.2) is 0 Å². The summed E-state index contributed by atoms with van der Waals surface area (Å²) >= 11 is 0. The van der Waals surface area contributed by atoms with E-state index in [1.165, 1.54) is 0 Å². The molecule has 3 rings (SSSR count). The molecule has 0 aliphatic carbocycles. The van der Waals surface area contributed by atoms with Crippen molar-refractivity contribution in [3.8, 4) is 0 Å². The summed E-state index contributed by atoms with van der Waals surface area (Å²) < 4.78 is 33.4. The molecule has 3 unspecified atom stereocenters. The molecular formula is C12H20O6. The van der Waals surface area contributed by atoms with Crippen molar-refractivity contribution in [2.24, 2.45) is 5.41 Å². The molecular weight excluding hydrogens is 240 g/mol. The summed E-state index contributed by atoms with van der Waals surface area (Å²) in [5.41, 5.74) is -0.252. The summed E-state index contributed by atoms with van der Waals surface area (Å²) in [6, 6.07) is 0. The van der Waals surface area contributed by atoms with Crippen molar-refractivity contribution in [2.75, 3.05) is 40.0 Å². The second-order valence-electron chi connectivity index (χ2n) is 5.13. The van der Waals surface area contributed by atoms with Crippen LogP contribution in [-0.4, -0.2) is 58.5 Å². The van der Waals surface area contributed by atoms with E-state index in [9.17, 15) is 0 Å². The number of hydrogen-bond donors (Lipinski definition) is 0. The van der Waals surface area contributed by atoms with Crippen LogP contribution >= 0.6 is 0 Å². The van der Waals surface area contributed by atoms with Gasteiger partial charge in [0.1, 0.15) is 13.6 Å². The Morgan fingerprint density at radius 1 is 0.944 bits per heavy atom. The maximum atomic E-state index is 5.84. The van der Waals surface area contributed by atoms with Gasteiger partial charge in [0.05, 0.1) is 44.1 Å². The van der Waals surface area contributed by atoms with E-state index >= 15 is 0 Å². The Morgan fingerprint density at radius 3 is 2.39 bits per heavy atom. The summed E-state index contributed by atoms with van der Waals surface area (Å²) in [6.07, 6.45) is 0.607. The zero-order valence-electron chi connectivity index (χ0n) is 10.6. The van der Waals surface area contributed by atoms with Crippen LogP contribution in [-0.2, 0) is 28.4 Å². The molecule has 3 aliphatic rings. The average molecular weight is 260 g/mol. The molecule has 6 heteroatoms. The Labute approximate surface area is 106 Å². The normalized spacial score (nSPS) is 40.8. The van der Waals surface area contributed by atoms with Crippen LogP contribution in [0.25, 0.3) is 0 Å². The average Bonchev–Trinajstić information content (AvgIpc) is 2.40. The van der Waals surface area contributed by atoms with Crippen molar-refractivity contribution < 1.29 is 28.4 Å². The summed E-state index contributed by atoms with van der Waals surface area (Å²) in [5.74, 6) is 0. The van der Waals surface area contributed by atoms with Crippen molar-refractivity contribution >= 4 is 0 Å². The predicted octanol–water partition coefficient (Wildman–Crippen LogP) is 0.501. The smallest absolute Gasteiger partial charge is 0.155 e. The van der Waals surface area contributed by atoms with Crippen LogP contribution in [0.1, 0.15) is 13.3 Å². The SMILES string of the molecule is CC1OCCC(C2OCOCC23COCOC3)O1. The third-order valence-electron chi connectivity index (χ3n) is 3.73. The largest absolute Gasteiger partial charge is 0.355 e. The van der Waals surface area contributed by atoms with Crippen LogP contribution in [0.2, 0.25) is 0 Å². The van der Waals surface area contributed by atoms with Gasteiger partial charge in [-0.3, -0.25) is 0 Å². The first-order valence-electron chi connectivity index (χ1n) is 6.42. The lowest BCUT2D eigenvalue weighted by Crippen LogP contribution is -2.60. The van der Waals surface area contributed by atoms with Gasteiger partial charge >= 0.3 is 0 Å². The molecule has 3 atom stereocenters. The standard InChI is InChI=1S/C12H20O6/c1-9-16-3-2-10(18-9)11-12(6-15-8-17-11)4-13-7-14-5-12/h9-11H,2-8H2,1H3. The molecule has 3 saturated heterocycles. The maximum Gasteiger partial charge on any atom is 0.155 e. The van der Waals surface area contributed by atoms with Crippen LogP contribution < -0.4 is 0 Å². The van der Waals surface area contributed by atoms with E-state index in [1.54, 1.807) is 0 Å². The van der Waals surface area contributed by atoms with Gasteiger partial charge in [0.25, 0.3) is 0 Å². The van der Waals surface area contributed by atoms with E-state index in [-0.39, 0.29) is 23.9 Å². The van der Waals surface area contributed by atoms with Crippen LogP contribution in [0.3, 0.4) is 0 Å². The van der Waals surface area contributed by atoms with Crippen LogP contribution in [0.5, 0.6) is 0 Å². The highest BCUT2D eigenvalue weighted by Crippen LogP contribution is 2.37. The second-order valence-corrected chi connectivity index (χ2v) is 5.13. The fraction of sp³-hybridized carbons (Fsp3) is 1.00. The third kappa shape index (κ3) is 2.41. The van der Waals surface area contributed by atoms with E-state index in [0.717, 1.165) is 6.42 Å². The molecule has 18 heavy (non-hydrogen) atoms. The molecule has 0 bridgehead atoms. The van der Waals surface area contributed by atoms with Gasteiger partial charge in [-0.15, -0.1) is 0 Å². The first-order valence-corrected chi connectivity index (χ1v) is 6.42. The Balaban J connectivity index is 1.74. The molecule has 104 valence electrons. The van der Waals surface area contributed by atoms with E-state index in [2.05, 4.69) is 0 Å². The summed E-state index contributed by atoms with van der Waals surface area (Å²) in [5, 5.41) is 0. The lowest BCUT2D eigenvalue weighted by Gasteiger charge is -2.48. The van der Waals surface area contributed by atoms with Gasteiger partial charge in [-0.1, -0.05) is 0 Å². The Hall–Kier alpha value is -0.240. The Morgan fingerprint density at radius 2 is 1.67 bits per heavy atom. The summed E-state index contributed by atoms with van der Waals surface area (Å²) in [7, 11) is 0. The molecule has 0 N–H and O–H groups in total. The zero-order chi connectivity index (χ0) is 12.4. The molecule has 1 spiro atoms. The Bertz CT molecular complexity index is 269. The van der Waals surface area contributed by atoms with E-state index < -0.39 is 0 Å². The lowest BCUT2D eigenvalue weighted by molar-refractivity contribution is -0.319. The highest BCUT2D eigenvalue weighted by atomic mass is 16.7. The molecule has 3 heterocycles. The second kappa shape index (κ2) is 5.40. The lowest BCUT2D eigenvalue weighted by atomic mass is 9.79. The van der Waals surface area contributed by atoms with E-state index in [4.69, 9.17) is 28.4 Å². The third-order valence-corrected chi connectivity index (χ3v) is 3.73. The van der Waals surface area contributed by atoms with Gasteiger partial charge in [0.15, 0.2) is 6.29 Å². The first kappa shape index (κ1) is 12.8. The maximum absolute atomic E-state index is 5.84. The minimum absolute atomic E-state index is 0.0166. The monoisotopic (exact) mass is 260 g/mol. The number of rotatable bonds is 1. The minimum Gasteiger partial charge on any atom is -0.355 e. The summed E-state index contributed by atoms with van der Waals surface area (Å²) in [4.78, 5) is 0. The van der Waals surface area contributed by atoms with Crippen LogP contribution in [0.4, 0.5) is 0 Å².